The quantitative estimate of drug-likeness (QED) is 0.121. The first-order chi connectivity index (χ1) is 64.3. The molecule has 0 saturated heterocycles. The number of hydrogen-bond acceptors (Lipinski definition) is 10. The Morgan fingerprint density at radius 3 is 0.984 bits per heavy atom. The second-order valence-corrected chi connectivity index (χ2v) is 34.3. The Balaban J connectivity index is 0.000000119. The van der Waals surface area contributed by atoms with Crippen molar-refractivity contribution in [2.24, 2.45) is 41.1 Å². The molecule has 0 amide bonds. The van der Waals surface area contributed by atoms with Crippen molar-refractivity contribution >= 4 is 110 Å². The lowest BCUT2D eigenvalue weighted by atomic mass is 9.86. The van der Waals surface area contributed by atoms with Crippen LogP contribution in [0.3, 0.4) is 0 Å². The van der Waals surface area contributed by atoms with Crippen LogP contribution >= 0.6 is 0 Å². The predicted molar refractivity (Wildman–Crippen MR) is 511 cm³/mol. The van der Waals surface area contributed by atoms with E-state index in [2.05, 4.69) is 260 Å². The van der Waals surface area contributed by atoms with Gasteiger partial charge < -0.3 is 22.1 Å². The van der Waals surface area contributed by atoms with Crippen LogP contribution in [0.25, 0.3) is 167 Å². The number of fused-ring (bicyclic) bond motifs is 15. The molecule has 1 aliphatic rings. The molecule has 1 atom stereocenters. The first-order valence-electron chi connectivity index (χ1n) is 48.3. The van der Waals surface area contributed by atoms with Crippen molar-refractivity contribution in [1.82, 2.24) is 24.9 Å². The lowest BCUT2D eigenvalue weighted by molar-refractivity contribution is -0.660. The fraction of sp³-hybridized carbons (Fsp3) is 0.279. The minimum absolute atomic E-state index is 0.0230. The number of aryl methyl sites for hydroxylation is 17. The lowest BCUT2D eigenvalue weighted by Crippen LogP contribution is -2.30. The average molecular weight is 1680 g/mol. The number of benzene rings is 5. The van der Waals surface area contributed by atoms with Crippen LogP contribution in [0.1, 0.15) is 176 Å². The zero-order valence-corrected chi connectivity index (χ0v) is 75.8. The summed E-state index contributed by atoms with van der Waals surface area (Å²) in [5.41, 5.74) is 32.9. The highest BCUT2D eigenvalue weighted by Gasteiger charge is 2.29. The van der Waals surface area contributed by atoms with E-state index in [4.69, 9.17) is 35.8 Å². The number of rotatable bonds is 10. The summed E-state index contributed by atoms with van der Waals surface area (Å²) in [6.45, 7) is 27.7. The highest BCUT2D eigenvalue weighted by molar-refractivity contribution is 6.13. The molecule has 5 aromatic carbocycles. The molecule has 1 saturated carbocycles. The van der Waals surface area contributed by atoms with Crippen molar-refractivity contribution in [2.75, 3.05) is 0 Å². The van der Waals surface area contributed by atoms with Gasteiger partial charge in [0.25, 0.3) is 0 Å². The smallest absolute Gasteiger partial charge is 0.227 e. The van der Waals surface area contributed by atoms with Gasteiger partial charge in [-0.2, -0.15) is 0 Å². The van der Waals surface area contributed by atoms with Crippen LogP contribution in [0.2, 0.25) is 0 Å². The van der Waals surface area contributed by atoms with Crippen molar-refractivity contribution in [1.29, 1.82) is 0 Å². The van der Waals surface area contributed by atoms with Crippen LogP contribution in [-0.2, 0) is 48.1 Å². The van der Waals surface area contributed by atoms with Crippen LogP contribution in [0.15, 0.2) is 235 Å². The van der Waals surface area contributed by atoms with Gasteiger partial charge in [-0.25, -0.2) is 47.8 Å². The highest BCUT2D eigenvalue weighted by Crippen LogP contribution is 2.44. The number of nitrogens with zero attached hydrogens (tertiary/aromatic N) is 10. The molecule has 20 aromatic rings. The van der Waals surface area contributed by atoms with E-state index in [1.54, 1.807) is 18.2 Å². The summed E-state index contributed by atoms with van der Waals surface area (Å²) in [6.07, 6.45) is 7.82. The molecule has 15 aromatic heterocycles. The number of pyridine rings is 10. The highest BCUT2D eigenvalue weighted by atomic mass is 16.4. The van der Waals surface area contributed by atoms with Gasteiger partial charge >= 0.3 is 0 Å². The van der Waals surface area contributed by atoms with E-state index in [9.17, 15) is 0 Å². The second kappa shape index (κ2) is 35.0. The number of aromatic nitrogens is 10. The molecule has 15 heterocycles. The maximum Gasteiger partial charge on any atom is 0.227 e. The molecule has 0 bridgehead atoms. The summed E-state index contributed by atoms with van der Waals surface area (Å²) in [5.74, 6) is -4.49. The van der Waals surface area contributed by atoms with Crippen LogP contribution in [0, 0.1) is 82.1 Å². The van der Waals surface area contributed by atoms with Gasteiger partial charge in [0, 0.05) is 163 Å². The fourth-order valence-electron chi connectivity index (χ4n) is 17.2. The first-order valence-corrected chi connectivity index (χ1v) is 43.3. The van der Waals surface area contributed by atoms with Gasteiger partial charge in [0.15, 0.2) is 58.9 Å². The van der Waals surface area contributed by atoms with E-state index in [0.717, 1.165) is 178 Å². The SMILES string of the molecule is CCc1ccc2c(n1)oc1c(-c3cc(C)cc[n+]3C)c(C)ccc12.Cc1cc[n+](C)c(-c2c(C)ccc3c2oc2nc(C)ccc23)c1.[2H]C(C)(C)c1ccc2c(n1)oc1c(-c3cc(C)cc[n+]3C)c(C)ccc12.[2H]C([2H])([2H])C([2H])(C)Cc1ccc2c(n1)oc1c(-c3cc(C)cc[n+]3C)c(C)ccc12.[2H]C1([2H])CCCC([2H])([2H])C1([2H])c1ccc2c(n1)oc1c(-c3cc(C)cc[n+]3C)c(C)ccc12. The van der Waals surface area contributed by atoms with E-state index in [0.29, 0.717) is 46.2 Å². The average Bonchev–Trinajstić information content (AvgIpc) is 1.16. The molecule has 1 fully saturated rings. The van der Waals surface area contributed by atoms with Crippen molar-refractivity contribution in [3.05, 3.63) is 297 Å². The molecule has 15 heteroatoms. The topological polar surface area (TPSA) is 150 Å². The number of furan rings is 5. The third-order valence-electron chi connectivity index (χ3n) is 24.2. The molecule has 0 spiro atoms. The summed E-state index contributed by atoms with van der Waals surface area (Å²) in [7, 11) is 10.2. The molecule has 634 valence electrons. The Bertz CT molecular complexity index is 8160. The normalized spacial score (nSPS) is 15.4. The van der Waals surface area contributed by atoms with Gasteiger partial charge in [-0.15, -0.1) is 0 Å². The van der Waals surface area contributed by atoms with E-state index in [1.165, 1.54) is 40.3 Å². The molecule has 1 aliphatic carbocycles. The Morgan fingerprint density at radius 1 is 0.349 bits per heavy atom. The van der Waals surface area contributed by atoms with Gasteiger partial charge in [-0.1, -0.05) is 114 Å². The summed E-state index contributed by atoms with van der Waals surface area (Å²) in [4.78, 5) is 23.0. The van der Waals surface area contributed by atoms with Gasteiger partial charge in [-0.05, 0) is 230 Å². The van der Waals surface area contributed by atoms with E-state index < -0.39 is 37.3 Å². The van der Waals surface area contributed by atoms with Crippen LogP contribution in [0.4, 0.5) is 0 Å². The second-order valence-electron chi connectivity index (χ2n) is 34.3. The molecular formula is C111H115N10O5+5. The van der Waals surface area contributed by atoms with Crippen LogP contribution < -0.4 is 22.8 Å². The molecule has 0 radical (unpaired) electrons. The standard InChI is InChI=1S/C25H27N2O.C23H25N2O.C22H23N2O.C21H21N2O.C20H19N2O/c1-16-13-14-27(3)22(15-16)23-17(2)9-10-19-20-11-12-21(18-7-5-4-6-8-18)26-25(20)28-24(19)23;1-14(2)12-17-7-9-19-18-8-6-16(4)21(22(18)26-23(19)24-17)20-13-15(3)10-11-25(20)5;1-13(2)18-9-8-17-16-7-6-15(4)20(21(16)25-22(17)23-18)19-12-14(3)10-11-24(19)5;1-5-15-7-9-17-16-8-6-14(3)19(20(16)24-21(17)22-15)18-12-13(2)10-11-23(18)4;1-12-9-10-22(4)17(11-12)18-13(2)5-7-15-16-8-6-14(3)21-20(16)23-19(15)18/h9-15,18H,4-8H2,1-3H3;6-11,13-14H,12H2,1-5H3;6-13H,1-5H3;6-12H,5H2,1-4H3;5-11H,1-4H3/q5*+1/i7D2,8D2,18D;1D3,14D;13D;;. The Hall–Kier alpha value is -13.4. The third-order valence-corrected chi connectivity index (χ3v) is 24.2. The molecule has 15 nitrogen and oxygen atoms in total. The first kappa shape index (κ1) is 73.0. The Labute approximate surface area is 751 Å². The summed E-state index contributed by atoms with van der Waals surface area (Å²) in [5, 5.41) is 9.96. The van der Waals surface area contributed by atoms with Crippen molar-refractivity contribution < 1.29 is 58.6 Å². The van der Waals surface area contributed by atoms with Crippen molar-refractivity contribution in [3.8, 4) is 56.3 Å². The third kappa shape index (κ3) is 16.5. The molecular weight excluding hydrogens is 1550 g/mol. The van der Waals surface area contributed by atoms with Crippen LogP contribution in [0.5, 0.6) is 0 Å². The largest absolute Gasteiger partial charge is 0.437 e. The fourth-order valence-corrected chi connectivity index (χ4v) is 17.2. The van der Waals surface area contributed by atoms with Gasteiger partial charge in [-0.3, -0.25) is 0 Å². The van der Waals surface area contributed by atoms with E-state index >= 15 is 0 Å². The van der Waals surface area contributed by atoms with Crippen molar-refractivity contribution in [3.63, 3.8) is 0 Å². The summed E-state index contributed by atoms with van der Waals surface area (Å²) < 4.78 is 124. The Morgan fingerprint density at radius 2 is 0.643 bits per heavy atom. The van der Waals surface area contributed by atoms with Gasteiger partial charge in [0.05, 0.1) is 27.8 Å². The van der Waals surface area contributed by atoms with Crippen LogP contribution in [-0.4, -0.2) is 24.9 Å². The molecule has 1 unspecified atom stereocenters. The Kier molecular flexibility index (Phi) is 20.3. The van der Waals surface area contributed by atoms with Gasteiger partial charge in [0.1, 0.15) is 35.2 Å². The maximum absolute atomic E-state index is 8.98. The van der Waals surface area contributed by atoms with Gasteiger partial charge in [0.2, 0.25) is 57.0 Å². The lowest BCUT2D eigenvalue weighted by Gasteiger charge is -2.20. The zero-order chi connectivity index (χ0) is 97.2. The maximum atomic E-state index is 8.98. The summed E-state index contributed by atoms with van der Waals surface area (Å²) >= 11 is 0. The molecule has 0 aliphatic heterocycles. The minimum atomic E-state index is -2.39. The number of hydrogen-bond donors (Lipinski definition) is 0. The zero-order valence-electron chi connectivity index (χ0n) is 85.8. The van der Waals surface area contributed by atoms with E-state index in [-0.39, 0.29) is 25.0 Å². The van der Waals surface area contributed by atoms with Crippen molar-refractivity contribution in [2.45, 2.75) is 167 Å². The molecule has 21 rings (SSSR count). The molecule has 0 N–H and O–H groups in total. The summed E-state index contributed by atoms with van der Waals surface area (Å²) in [6, 6.07) is 61.7. The minimum Gasteiger partial charge on any atom is -0.437 e. The molecule has 126 heavy (non-hydrogen) atoms. The predicted octanol–water partition coefficient (Wildman–Crippen LogP) is 25.7. The van der Waals surface area contributed by atoms with E-state index in [1.807, 2.05) is 114 Å². The monoisotopic (exact) mass is 1680 g/mol.